The molecule has 0 aromatic carbocycles. The third kappa shape index (κ3) is 4.27. The fraction of sp³-hybridized carbons (Fsp3) is 0.750. The number of aromatic nitrogens is 2. The molecule has 2 aliphatic rings. The summed E-state index contributed by atoms with van der Waals surface area (Å²) in [7, 11) is 0. The molecule has 0 saturated carbocycles. The minimum atomic E-state index is 0.112. The molecule has 2 saturated heterocycles. The number of nitrogens with zero attached hydrogens (tertiary/aromatic N) is 4. The van der Waals surface area contributed by atoms with Gasteiger partial charge in [-0.2, -0.15) is 0 Å². The highest BCUT2D eigenvalue weighted by atomic mass is 16.2. The molecule has 26 heavy (non-hydrogen) atoms. The summed E-state index contributed by atoms with van der Waals surface area (Å²) < 4.78 is 2.03. The number of carbonyl (C=O) groups excluding carboxylic acids is 2. The van der Waals surface area contributed by atoms with E-state index in [1.807, 2.05) is 22.6 Å². The molecule has 0 radical (unpaired) electrons. The van der Waals surface area contributed by atoms with E-state index in [-0.39, 0.29) is 11.3 Å². The molecule has 1 atom stereocenters. The number of hydrogen-bond donors (Lipinski definition) is 0. The lowest BCUT2D eigenvalue weighted by atomic mass is 9.73. The van der Waals surface area contributed by atoms with Crippen LogP contribution in [0.3, 0.4) is 0 Å². The van der Waals surface area contributed by atoms with Crippen LogP contribution in [0.1, 0.15) is 57.7 Å². The van der Waals surface area contributed by atoms with Crippen molar-refractivity contribution in [2.75, 3.05) is 26.2 Å². The summed E-state index contributed by atoms with van der Waals surface area (Å²) >= 11 is 0. The van der Waals surface area contributed by atoms with Gasteiger partial charge in [-0.15, -0.1) is 0 Å². The minimum absolute atomic E-state index is 0.112. The number of carbonyl (C=O) groups is 2. The second-order valence-electron chi connectivity index (χ2n) is 8.01. The Hall–Kier alpha value is -1.85. The van der Waals surface area contributed by atoms with Crippen molar-refractivity contribution in [3.05, 3.63) is 18.2 Å². The molecule has 0 aliphatic carbocycles. The van der Waals surface area contributed by atoms with E-state index in [1.165, 1.54) is 0 Å². The third-order valence-electron chi connectivity index (χ3n) is 6.03. The Bertz CT molecular complexity index is 642. The van der Waals surface area contributed by atoms with Gasteiger partial charge in [-0.1, -0.05) is 13.3 Å². The van der Waals surface area contributed by atoms with Gasteiger partial charge < -0.3 is 14.4 Å². The summed E-state index contributed by atoms with van der Waals surface area (Å²) in [4.78, 5) is 33.3. The van der Waals surface area contributed by atoms with E-state index < -0.39 is 0 Å². The van der Waals surface area contributed by atoms with Gasteiger partial charge >= 0.3 is 0 Å². The summed E-state index contributed by atoms with van der Waals surface area (Å²) in [6, 6.07) is 0. The van der Waals surface area contributed by atoms with Crippen LogP contribution in [0.25, 0.3) is 0 Å². The zero-order valence-corrected chi connectivity index (χ0v) is 16.2. The number of likely N-dealkylation sites (tertiary alicyclic amines) is 2. The third-order valence-corrected chi connectivity index (χ3v) is 6.03. The molecule has 6 nitrogen and oxygen atoms in total. The second-order valence-corrected chi connectivity index (χ2v) is 8.01. The summed E-state index contributed by atoms with van der Waals surface area (Å²) in [5.74, 6) is 1.47. The Balaban J connectivity index is 1.58. The van der Waals surface area contributed by atoms with Crippen LogP contribution in [0.15, 0.2) is 12.4 Å². The molecule has 0 unspecified atom stereocenters. The number of rotatable bonds is 6. The van der Waals surface area contributed by atoms with E-state index in [0.29, 0.717) is 25.3 Å². The van der Waals surface area contributed by atoms with E-state index in [2.05, 4.69) is 16.8 Å². The Labute approximate surface area is 156 Å². The molecular weight excluding hydrogens is 328 g/mol. The van der Waals surface area contributed by atoms with Crippen LogP contribution in [0.5, 0.6) is 0 Å². The molecule has 144 valence electrons. The van der Waals surface area contributed by atoms with Crippen molar-refractivity contribution in [3.63, 3.8) is 0 Å². The first-order valence-electron chi connectivity index (χ1n) is 10.1. The van der Waals surface area contributed by atoms with Crippen molar-refractivity contribution < 1.29 is 9.59 Å². The average Bonchev–Trinajstić information content (AvgIpc) is 3.06. The van der Waals surface area contributed by atoms with Gasteiger partial charge in [0.1, 0.15) is 5.82 Å². The predicted octanol–water partition coefficient (Wildman–Crippen LogP) is 2.61. The van der Waals surface area contributed by atoms with Gasteiger partial charge in [0.15, 0.2) is 0 Å². The van der Waals surface area contributed by atoms with E-state index in [0.717, 1.165) is 64.1 Å². The fourth-order valence-electron chi connectivity index (χ4n) is 4.42. The van der Waals surface area contributed by atoms with Gasteiger partial charge in [-0.3, -0.25) is 9.59 Å². The minimum Gasteiger partial charge on any atom is -0.342 e. The van der Waals surface area contributed by atoms with Crippen LogP contribution in [0.2, 0.25) is 0 Å². The normalized spacial score (nSPS) is 23.7. The van der Waals surface area contributed by atoms with Crippen molar-refractivity contribution >= 4 is 11.8 Å². The molecule has 2 fully saturated rings. The lowest BCUT2D eigenvalue weighted by Crippen LogP contribution is -2.55. The number of amides is 2. The van der Waals surface area contributed by atoms with Crippen LogP contribution < -0.4 is 0 Å². The smallest absolute Gasteiger partial charge is 0.224 e. The topological polar surface area (TPSA) is 58.4 Å². The lowest BCUT2D eigenvalue weighted by Gasteiger charge is -2.48. The Morgan fingerprint density at radius 1 is 1.27 bits per heavy atom. The Morgan fingerprint density at radius 2 is 2.12 bits per heavy atom. The summed E-state index contributed by atoms with van der Waals surface area (Å²) in [5, 5.41) is 0. The largest absolute Gasteiger partial charge is 0.342 e. The Kier molecular flexibility index (Phi) is 5.99. The lowest BCUT2D eigenvalue weighted by molar-refractivity contribution is -0.143. The molecule has 2 aliphatic heterocycles. The van der Waals surface area contributed by atoms with Gasteiger partial charge in [0, 0.05) is 63.4 Å². The first kappa shape index (κ1) is 18.9. The maximum atomic E-state index is 12.8. The molecule has 1 spiro atoms. The zero-order valence-electron chi connectivity index (χ0n) is 16.2. The van der Waals surface area contributed by atoms with Crippen LogP contribution in [-0.4, -0.2) is 57.3 Å². The highest BCUT2D eigenvalue weighted by Gasteiger charge is 2.42. The molecular formula is C20H32N4O2. The maximum absolute atomic E-state index is 12.8. The van der Waals surface area contributed by atoms with Crippen LogP contribution in [-0.2, 0) is 16.1 Å². The van der Waals surface area contributed by atoms with Crippen LogP contribution in [0.4, 0.5) is 0 Å². The number of imidazole rings is 1. The summed E-state index contributed by atoms with van der Waals surface area (Å²) in [6.45, 7) is 8.17. The first-order valence-corrected chi connectivity index (χ1v) is 10.1. The standard InChI is InChI=1S/C20H32N4O2/c1-3-4-11-23-15-20(9-6-18(23)25)8-5-12-24(16-20)19(26)7-13-22-14-10-21-17(22)2/h10,14H,3-9,11-13,15-16H2,1-2H3/t20-/m0/s1. The molecule has 2 amide bonds. The van der Waals surface area contributed by atoms with E-state index in [1.54, 1.807) is 6.20 Å². The van der Waals surface area contributed by atoms with Gasteiger partial charge in [0.25, 0.3) is 0 Å². The van der Waals surface area contributed by atoms with Crippen molar-refractivity contribution in [2.45, 2.75) is 65.3 Å². The monoisotopic (exact) mass is 360 g/mol. The van der Waals surface area contributed by atoms with Gasteiger partial charge in [-0.25, -0.2) is 4.98 Å². The van der Waals surface area contributed by atoms with E-state index in [9.17, 15) is 9.59 Å². The SMILES string of the molecule is CCCCN1C[C@]2(CCCN(C(=O)CCn3ccnc3C)C2)CCC1=O. The number of unbranched alkanes of at least 4 members (excludes halogenated alkanes) is 1. The number of hydrogen-bond acceptors (Lipinski definition) is 3. The van der Waals surface area contributed by atoms with Gasteiger partial charge in [0.2, 0.25) is 11.8 Å². The molecule has 0 bridgehead atoms. The Morgan fingerprint density at radius 3 is 2.85 bits per heavy atom. The number of aryl methyl sites for hydroxylation is 2. The fourth-order valence-corrected chi connectivity index (χ4v) is 4.42. The summed E-state index contributed by atoms with van der Waals surface area (Å²) in [6.07, 6.45) is 10.1. The first-order chi connectivity index (χ1) is 12.5. The quantitative estimate of drug-likeness (QED) is 0.783. The van der Waals surface area contributed by atoms with Crippen molar-refractivity contribution in [1.29, 1.82) is 0 Å². The predicted molar refractivity (Wildman–Crippen MR) is 101 cm³/mol. The van der Waals surface area contributed by atoms with Crippen molar-refractivity contribution in [1.82, 2.24) is 19.4 Å². The maximum Gasteiger partial charge on any atom is 0.224 e. The van der Waals surface area contributed by atoms with Crippen molar-refractivity contribution in [3.8, 4) is 0 Å². The average molecular weight is 361 g/mol. The summed E-state index contributed by atoms with van der Waals surface area (Å²) in [5.41, 5.74) is 0.112. The van der Waals surface area contributed by atoms with E-state index >= 15 is 0 Å². The highest BCUT2D eigenvalue weighted by molar-refractivity contribution is 5.78. The van der Waals surface area contributed by atoms with Gasteiger partial charge in [-0.05, 0) is 32.6 Å². The molecule has 3 rings (SSSR count). The molecule has 1 aromatic heterocycles. The van der Waals surface area contributed by atoms with E-state index in [4.69, 9.17) is 0 Å². The number of piperidine rings is 2. The molecule has 1 aromatic rings. The highest BCUT2D eigenvalue weighted by Crippen LogP contribution is 2.39. The molecule has 3 heterocycles. The molecule has 0 N–H and O–H groups in total. The zero-order chi connectivity index (χ0) is 18.6. The van der Waals surface area contributed by atoms with Crippen LogP contribution in [0, 0.1) is 12.3 Å². The second kappa shape index (κ2) is 8.23. The molecule has 6 heteroatoms. The van der Waals surface area contributed by atoms with Gasteiger partial charge in [0.05, 0.1) is 0 Å². The van der Waals surface area contributed by atoms with Crippen LogP contribution >= 0.6 is 0 Å². The van der Waals surface area contributed by atoms with Crippen molar-refractivity contribution in [2.24, 2.45) is 5.41 Å².